The minimum Gasteiger partial charge on any atom is -0.464 e. The second-order valence-electron chi connectivity index (χ2n) is 7.71. The maximum Gasteiger partial charge on any atom is 0.243 e. The molecule has 1 aromatic heterocycles. The number of nitrogens with zero attached hydrogens (tertiary/aromatic N) is 2. The molecule has 4 rings (SSSR count). The number of rotatable bonds is 6. The molecular formula is C23H24N2O4S. The number of fused-ring (bicyclic) bond motifs is 1. The Labute approximate surface area is 176 Å². The first-order chi connectivity index (χ1) is 14.3. The standard InChI is InChI=1S/C23H24N2O4S/c1-24(2)16-20-14-19-15-25(13-12-22(19)29-20)30(27,28)21-10-8-18(9-11-21)23(26)17-6-4-3-5-7-17/h3-11,14H,12-13,15-16H2,1-2H3. The van der Waals surface area contributed by atoms with E-state index in [2.05, 4.69) is 0 Å². The summed E-state index contributed by atoms with van der Waals surface area (Å²) >= 11 is 0. The Hall–Kier alpha value is -2.74. The van der Waals surface area contributed by atoms with Crippen LogP contribution in [-0.2, 0) is 29.5 Å². The molecule has 0 fully saturated rings. The molecule has 0 radical (unpaired) electrons. The molecule has 2 aromatic carbocycles. The van der Waals surface area contributed by atoms with Gasteiger partial charge < -0.3 is 9.32 Å². The molecule has 156 valence electrons. The van der Waals surface area contributed by atoms with Crippen molar-refractivity contribution in [2.75, 3.05) is 20.6 Å². The van der Waals surface area contributed by atoms with E-state index in [0.29, 0.717) is 37.2 Å². The molecule has 1 aliphatic rings. The number of carbonyl (C=O) groups excluding carboxylic acids is 1. The van der Waals surface area contributed by atoms with Crippen molar-refractivity contribution in [3.05, 3.63) is 88.9 Å². The van der Waals surface area contributed by atoms with Gasteiger partial charge in [-0.3, -0.25) is 4.79 Å². The Kier molecular flexibility index (Phi) is 5.60. The molecule has 0 atom stereocenters. The van der Waals surface area contributed by atoms with E-state index >= 15 is 0 Å². The van der Waals surface area contributed by atoms with Gasteiger partial charge in [-0.15, -0.1) is 0 Å². The number of hydrogen-bond donors (Lipinski definition) is 0. The molecule has 0 amide bonds. The maximum absolute atomic E-state index is 13.1. The quantitative estimate of drug-likeness (QED) is 0.568. The second-order valence-corrected chi connectivity index (χ2v) is 9.64. The predicted octanol–water partition coefficient (Wildman–Crippen LogP) is 3.32. The van der Waals surface area contributed by atoms with Gasteiger partial charge in [-0.25, -0.2) is 8.42 Å². The molecule has 7 heteroatoms. The van der Waals surface area contributed by atoms with Crippen LogP contribution in [0.15, 0.2) is 70.0 Å². The van der Waals surface area contributed by atoms with Crippen LogP contribution >= 0.6 is 0 Å². The van der Waals surface area contributed by atoms with Gasteiger partial charge in [-0.05, 0) is 44.4 Å². The van der Waals surface area contributed by atoms with Crippen LogP contribution in [0.1, 0.15) is 33.0 Å². The first-order valence-electron chi connectivity index (χ1n) is 9.80. The van der Waals surface area contributed by atoms with Crippen LogP contribution in [0.2, 0.25) is 0 Å². The summed E-state index contributed by atoms with van der Waals surface area (Å²) < 4.78 is 33.6. The Balaban J connectivity index is 1.52. The van der Waals surface area contributed by atoms with Gasteiger partial charge in [0.1, 0.15) is 11.5 Å². The Morgan fingerprint density at radius 3 is 2.37 bits per heavy atom. The number of ketones is 1. The normalized spacial score (nSPS) is 14.6. The van der Waals surface area contributed by atoms with E-state index in [1.807, 2.05) is 31.1 Å². The lowest BCUT2D eigenvalue weighted by Crippen LogP contribution is -2.35. The second kappa shape index (κ2) is 8.18. The van der Waals surface area contributed by atoms with Gasteiger partial charge in [0.05, 0.1) is 11.4 Å². The lowest BCUT2D eigenvalue weighted by molar-refractivity contribution is 0.103. The topological polar surface area (TPSA) is 70.8 Å². The third-order valence-electron chi connectivity index (χ3n) is 5.14. The van der Waals surface area contributed by atoms with Crippen LogP contribution < -0.4 is 0 Å². The van der Waals surface area contributed by atoms with Crippen molar-refractivity contribution in [3.63, 3.8) is 0 Å². The minimum atomic E-state index is -3.66. The monoisotopic (exact) mass is 424 g/mol. The van der Waals surface area contributed by atoms with Crippen molar-refractivity contribution in [2.45, 2.75) is 24.4 Å². The highest BCUT2D eigenvalue weighted by atomic mass is 32.2. The van der Waals surface area contributed by atoms with Crippen molar-refractivity contribution in [1.29, 1.82) is 0 Å². The van der Waals surface area contributed by atoms with Gasteiger partial charge in [0, 0.05) is 36.2 Å². The van der Waals surface area contributed by atoms with Crippen LogP contribution in [0.4, 0.5) is 0 Å². The van der Waals surface area contributed by atoms with Crippen molar-refractivity contribution < 1.29 is 17.6 Å². The van der Waals surface area contributed by atoms with Gasteiger partial charge >= 0.3 is 0 Å². The Morgan fingerprint density at radius 2 is 1.70 bits per heavy atom. The summed E-state index contributed by atoms with van der Waals surface area (Å²) in [5.74, 6) is 1.57. The molecule has 3 aromatic rings. The highest BCUT2D eigenvalue weighted by Gasteiger charge is 2.30. The van der Waals surface area contributed by atoms with E-state index in [1.165, 1.54) is 16.4 Å². The van der Waals surface area contributed by atoms with E-state index in [4.69, 9.17) is 4.42 Å². The van der Waals surface area contributed by atoms with Gasteiger partial charge in [0.2, 0.25) is 10.0 Å². The first kappa shape index (κ1) is 20.5. The van der Waals surface area contributed by atoms with Crippen molar-refractivity contribution in [2.24, 2.45) is 0 Å². The summed E-state index contributed by atoms with van der Waals surface area (Å²) in [5, 5.41) is 0. The molecule has 1 aliphatic heterocycles. The molecule has 0 saturated carbocycles. The average molecular weight is 425 g/mol. The van der Waals surface area contributed by atoms with Gasteiger partial charge in [0.15, 0.2) is 5.78 Å². The Morgan fingerprint density at radius 1 is 1.03 bits per heavy atom. The minimum absolute atomic E-state index is 0.131. The fourth-order valence-electron chi connectivity index (χ4n) is 3.65. The summed E-state index contributed by atoms with van der Waals surface area (Å²) in [6.45, 7) is 1.34. The zero-order valence-corrected chi connectivity index (χ0v) is 17.9. The average Bonchev–Trinajstić information content (AvgIpc) is 3.14. The fourth-order valence-corrected chi connectivity index (χ4v) is 5.07. The smallest absolute Gasteiger partial charge is 0.243 e. The number of sulfonamides is 1. The lowest BCUT2D eigenvalue weighted by atomic mass is 10.0. The molecular weight excluding hydrogens is 400 g/mol. The molecule has 0 spiro atoms. The molecule has 6 nitrogen and oxygen atoms in total. The maximum atomic E-state index is 13.1. The predicted molar refractivity (Wildman–Crippen MR) is 114 cm³/mol. The Bertz CT molecular complexity index is 1150. The van der Waals surface area contributed by atoms with E-state index in [0.717, 1.165) is 17.1 Å². The molecule has 0 saturated heterocycles. The van der Waals surface area contributed by atoms with Crippen molar-refractivity contribution in [1.82, 2.24) is 9.21 Å². The molecule has 30 heavy (non-hydrogen) atoms. The SMILES string of the molecule is CN(C)Cc1cc2c(o1)CCN(S(=O)(=O)c1ccc(C(=O)c3ccccc3)cc1)C2. The van der Waals surface area contributed by atoms with Crippen LogP contribution in [0, 0.1) is 0 Å². The summed E-state index contributed by atoms with van der Waals surface area (Å²) in [7, 11) is 0.270. The number of hydrogen-bond acceptors (Lipinski definition) is 5. The lowest BCUT2D eigenvalue weighted by Gasteiger charge is -2.25. The largest absolute Gasteiger partial charge is 0.464 e. The summed E-state index contributed by atoms with van der Waals surface area (Å²) in [5.41, 5.74) is 1.95. The number of furan rings is 1. The third kappa shape index (κ3) is 4.09. The molecule has 0 unspecified atom stereocenters. The van der Waals surface area contributed by atoms with E-state index in [-0.39, 0.29) is 10.7 Å². The molecule has 0 N–H and O–H groups in total. The summed E-state index contributed by atoms with van der Waals surface area (Å²) in [6.07, 6.45) is 0.548. The van der Waals surface area contributed by atoms with Crippen LogP contribution in [-0.4, -0.2) is 44.0 Å². The van der Waals surface area contributed by atoms with Gasteiger partial charge in [-0.1, -0.05) is 30.3 Å². The molecule has 0 bridgehead atoms. The molecule has 0 aliphatic carbocycles. The van der Waals surface area contributed by atoms with Crippen LogP contribution in [0.3, 0.4) is 0 Å². The summed E-state index contributed by atoms with van der Waals surface area (Å²) in [6, 6.07) is 17.0. The van der Waals surface area contributed by atoms with Crippen molar-refractivity contribution >= 4 is 15.8 Å². The first-order valence-corrected chi connectivity index (χ1v) is 11.2. The van der Waals surface area contributed by atoms with Crippen LogP contribution in [0.5, 0.6) is 0 Å². The van der Waals surface area contributed by atoms with Gasteiger partial charge in [-0.2, -0.15) is 4.31 Å². The van der Waals surface area contributed by atoms with E-state index < -0.39 is 10.0 Å². The van der Waals surface area contributed by atoms with E-state index in [9.17, 15) is 13.2 Å². The zero-order valence-electron chi connectivity index (χ0n) is 17.0. The highest BCUT2D eigenvalue weighted by Crippen LogP contribution is 2.28. The summed E-state index contributed by atoms with van der Waals surface area (Å²) in [4.78, 5) is 14.7. The third-order valence-corrected chi connectivity index (χ3v) is 7.00. The zero-order chi connectivity index (χ0) is 21.3. The van der Waals surface area contributed by atoms with Gasteiger partial charge in [0.25, 0.3) is 0 Å². The van der Waals surface area contributed by atoms with E-state index in [1.54, 1.807) is 36.4 Å². The highest BCUT2D eigenvalue weighted by molar-refractivity contribution is 7.89. The van der Waals surface area contributed by atoms with Crippen molar-refractivity contribution in [3.8, 4) is 0 Å². The number of carbonyl (C=O) groups is 1. The number of benzene rings is 2. The van der Waals surface area contributed by atoms with Crippen LogP contribution in [0.25, 0.3) is 0 Å². The molecule has 2 heterocycles. The fraction of sp³-hybridized carbons (Fsp3) is 0.261.